The van der Waals surface area contributed by atoms with Gasteiger partial charge < -0.3 is 0 Å². The molecule has 6 aromatic carbocycles. The van der Waals surface area contributed by atoms with E-state index in [-0.39, 0.29) is 5.41 Å². The van der Waals surface area contributed by atoms with Gasteiger partial charge in [-0.2, -0.15) is 0 Å². The van der Waals surface area contributed by atoms with Gasteiger partial charge in [0.1, 0.15) is 5.01 Å². The second-order valence-electron chi connectivity index (χ2n) is 13.9. The van der Waals surface area contributed by atoms with Gasteiger partial charge in [-0.15, -0.1) is 11.3 Å². The molecule has 0 aliphatic carbocycles. The van der Waals surface area contributed by atoms with Crippen molar-refractivity contribution in [1.29, 1.82) is 0 Å². The third-order valence-corrected chi connectivity index (χ3v) is 9.80. The number of benzene rings is 6. The normalized spacial score (nSPS) is 12.1. The van der Waals surface area contributed by atoms with Gasteiger partial charge in [0.05, 0.1) is 15.9 Å². The van der Waals surface area contributed by atoms with Crippen LogP contribution in [0.1, 0.15) is 51.3 Å². The summed E-state index contributed by atoms with van der Waals surface area (Å²) in [5, 5.41) is 3.40. The van der Waals surface area contributed by atoms with Crippen molar-refractivity contribution in [3.8, 4) is 32.8 Å². The summed E-state index contributed by atoms with van der Waals surface area (Å²) in [4.78, 5) is 10.3. The van der Waals surface area contributed by atoms with Crippen molar-refractivity contribution in [2.45, 2.75) is 46.5 Å². The van der Waals surface area contributed by atoms with Crippen LogP contribution in [-0.2, 0) is 11.8 Å². The van der Waals surface area contributed by atoms with Gasteiger partial charge in [0.25, 0.3) is 0 Å². The van der Waals surface area contributed by atoms with Gasteiger partial charge in [0.2, 0.25) is 0 Å². The summed E-state index contributed by atoms with van der Waals surface area (Å²) in [5.74, 6) is 0.635. The van der Waals surface area contributed by atoms with Gasteiger partial charge in [-0.25, -0.2) is 4.98 Å². The first kappa shape index (κ1) is 30.8. The van der Waals surface area contributed by atoms with E-state index >= 15 is 0 Å². The molecule has 1 aromatic heterocycles. The van der Waals surface area contributed by atoms with Crippen molar-refractivity contribution in [3.05, 3.63) is 144 Å². The lowest BCUT2D eigenvalue weighted by Crippen LogP contribution is -2.11. The molecule has 0 aliphatic heterocycles. The summed E-state index contributed by atoms with van der Waals surface area (Å²) in [6.45, 7) is 11.4. The highest BCUT2D eigenvalue weighted by molar-refractivity contribution is 7.21. The van der Waals surface area contributed by atoms with E-state index in [1.165, 1.54) is 48.9 Å². The Balaban J connectivity index is 1.29. The van der Waals surface area contributed by atoms with Crippen molar-refractivity contribution in [2.24, 2.45) is 10.9 Å². The van der Waals surface area contributed by atoms with Gasteiger partial charge in [-0.3, -0.25) is 4.99 Å². The molecule has 232 valence electrons. The second-order valence-corrected chi connectivity index (χ2v) is 14.9. The van der Waals surface area contributed by atoms with E-state index in [0.717, 1.165) is 33.8 Å². The predicted octanol–water partition coefficient (Wildman–Crippen LogP) is 12.7. The zero-order valence-electron chi connectivity index (χ0n) is 27.8. The fourth-order valence-corrected chi connectivity index (χ4v) is 7.32. The number of hydrogen-bond donors (Lipinski definition) is 0. The molecule has 3 heteroatoms. The number of hydrogen-bond acceptors (Lipinski definition) is 3. The standard InChI is InChI=1S/C44H40N2S/c1-29(2)24-30-12-10-15-34(25-30)31-20-22-33(23-21-31)39-26-36(44(3,4)5)27-41-42(39)46-43(47-41)38-18-8-9-19-40(38)45-28-35-16-11-14-32-13-6-7-17-37(32)35/h6-23,25-29H,24H2,1-5H3. The molecule has 0 saturated heterocycles. The molecule has 7 aromatic rings. The number of para-hydroxylation sites is 1. The smallest absolute Gasteiger partial charge is 0.126 e. The number of aliphatic imine (C=N–C) groups is 1. The van der Waals surface area contributed by atoms with Crippen molar-refractivity contribution >= 4 is 44.2 Å². The van der Waals surface area contributed by atoms with Crippen LogP contribution >= 0.6 is 11.3 Å². The molecule has 0 N–H and O–H groups in total. The third-order valence-electron chi connectivity index (χ3n) is 8.76. The highest BCUT2D eigenvalue weighted by Crippen LogP contribution is 2.42. The van der Waals surface area contributed by atoms with Crippen molar-refractivity contribution in [3.63, 3.8) is 0 Å². The Morgan fingerprint density at radius 2 is 1.43 bits per heavy atom. The highest BCUT2D eigenvalue weighted by Gasteiger charge is 2.20. The van der Waals surface area contributed by atoms with E-state index in [0.29, 0.717) is 5.92 Å². The Morgan fingerprint density at radius 3 is 2.23 bits per heavy atom. The molecule has 7 rings (SSSR count). The molecule has 0 amide bonds. The first-order valence-corrected chi connectivity index (χ1v) is 17.3. The second kappa shape index (κ2) is 12.7. The highest BCUT2D eigenvalue weighted by atomic mass is 32.1. The van der Waals surface area contributed by atoms with Crippen LogP contribution < -0.4 is 0 Å². The third kappa shape index (κ3) is 6.54. The summed E-state index contributed by atoms with van der Waals surface area (Å²) >= 11 is 1.75. The lowest BCUT2D eigenvalue weighted by atomic mass is 9.85. The van der Waals surface area contributed by atoms with Crippen molar-refractivity contribution in [1.82, 2.24) is 4.98 Å². The first-order valence-electron chi connectivity index (χ1n) is 16.5. The summed E-state index contributed by atoms with van der Waals surface area (Å²) < 4.78 is 1.20. The summed E-state index contributed by atoms with van der Waals surface area (Å²) in [5.41, 5.74) is 11.7. The van der Waals surface area contributed by atoms with E-state index in [4.69, 9.17) is 9.98 Å². The molecule has 0 bridgehead atoms. The molecule has 0 saturated carbocycles. The minimum Gasteiger partial charge on any atom is -0.256 e. The zero-order chi connectivity index (χ0) is 32.5. The topological polar surface area (TPSA) is 25.2 Å². The summed E-state index contributed by atoms with van der Waals surface area (Å²) in [7, 11) is 0. The fourth-order valence-electron chi connectivity index (χ4n) is 6.26. The summed E-state index contributed by atoms with van der Waals surface area (Å²) in [6.07, 6.45) is 3.07. The zero-order valence-corrected chi connectivity index (χ0v) is 28.6. The molecule has 0 atom stereocenters. The van der Waals surface area contributed by atoms with Gasteiger partial charge in [0, 0.05) is 22.9 Å². The van der Waals surface area contributed by atoms with Gasteiger partial charge in [-0.1, -0.05) is 138 Å². The lowest BCUT2D eigenvalue weighted by molar-refractivity contribution is 0.591. The fraction of sp³-hybridized carbons (Fsp3) is 0.182. The molecule has 47 heavy (non-hydrogen) atoms. The maximum Gasteiger partial charge on any atom is 0.126 e. The Kier molecular flexibility index (Phi) is 8.34. The Labute approximate surface area is 282 Å². The maximum absolute atomic E-state index is 5.31. The van der Waals surface area contributed by atoms with Crippen LogP contribution in [0.2, 0.25) is 0 Å². The van der Waals surface area contributed by atoms with Gasteiger partial charge >= 0.3 is 0 Å². The molecule has 0 unspecified atom stereocenters. The Bertz CT molecular complexity index is 2220. The molecular formula is C44H40N2S. The van der Waals surface area contributed by atoms with Gasteiger partial charge in [0.15, 0.2) is 0 Å². The first-order chi connectivity index (χ1) is 22.7. The van der Waals surface area contributed by atoms with Crippen LogP contribution in [0.15, 0.2) is 132 Å². The minimum atomic E-state index is 0.00451. The number of fused-ring (bicyclic) bond motifs is 2. The summed E-state index contributed by atoms with van der Waals surface area (Å²) in [6, 6.07) is 45.8. The predicted molar refractivity (Wildman–Crippen MR) is 204 cm³/mol. The van der Waals surface area contributed by atoms with Crippen LogP contribution in [0, 0.1) is 5.92 Å². The SMILES string of the molecule is CC(C)Cc1cccc(-c2ccc(-c3cc(C(C)(C)C)cc4sc(-c5ccccc5N=Cc5cccc6ccccc56)nc34)cc2)c1. The Hall–Kier alpha value is -4.86. The monoisotopic (exact) mass is 628 g/mol. The molecule has 0 fully saturated rings. The quantitative estimate of drug-likeness (QED) is 0.161. The van der Waals surface area contributed by atoms with E-state index in [9.17, 15) is 0 Å². The largest absolute Gasteiger partial charge is 0.256 e. The lowest BCUT2D eigenvalue weighted by Gasteiger charge is -2.20. The number of nitrogens with zero attached hydrogens (tertiary/aromatic N) is 2. The molecule has 0 spiro atoms. The average molecular weight is 629 g/mol. The number of thiazole rings is 1. The van der Waals surface area contributed by atoms with E-state index in [2.05, 4.69) is 162 Å². The van der Waals surface area contributed by atoms with E-state index in [1.54, 1.807) is 11.3 Å². The average Bonchev–Trinajstić information content (AvgIpc) is 3.51. The van der Waals surface area contributed by atoms with Crippen molar-refractivity contribution < 1.29 is 0 Å². The maximum atomic E-state index is 5.31. The van der Waals surface area contributed by atoms with Gasteiger partial charge in [-0.05, 0) is 80.6 Å². The van der Waals surface area contributed by atoms with E-state index in [1.807, 2.05) is 6.21 Å². The minimum absolute atomic E-state index is 0.00451. The van der Waals surface area contributed by atoms with Crippen molar-refractivity contribution in [2.75, 3.05) is 0 Å². The van der Waals surface area contributed by atoms with E-state index < -0.39 is 0 Å². The van der Waals surface area contributed by atoms with Crippen LogP contribution in [0.25, 0.3) is 53.8 Å². The number of rotatable bonds is 7. The van der Waals surface area contributed by atoms with Crippen LogP contribution in [0.4, 0.5) is 5.69 Å². The molecule has 0 aliphatic rings. The van der Waals surface area contributed by atoms with Crippen LogP contribution in [0.3, 0.4) is 0 Å². The molecule has 0 radical (unpaired) electrons. The van der Waals surface area contributed by atoms with Crippen LogP contribution in [-0.4, -0.2) is 11.2 Å². The molecular weight excluding hydrogens is 589 g/mol. The molecule has 2 nitrogen and oxygen atoms in total. The molecule has 1 heterocycles. The number of aromatic nitrogens is 1. The Morgan fingerprint density at radius 1 is 0.702 bits per heavy atom. The van der Waals surface area contributed by atoms with Crippen LogP contribution in [0.5, 0.6) is 0 Å².